The highest BCUT2D eigenvalue weighted by molar-refractivity contribution is 7.09. The number of aryl methyl sites for hydroxylation is 2. The Hall–Kier alpha value is -1.35. The molecule has 0 atom stereocenters. The number of nitrogens with one attached hydrogen (secondary N) is 1. The van der Waals surface area contributed by atoms with Crippen LogP contribution in [0, 0.1) is 6.92 Å². The van der Waals surface area contributed by atoms with E-state index < -0.39 is 0 Å². The molecule has 2 nitrogen and oxygen atoms in total. The van der Waals surface area contributed by atoms with Crippen molar-refractivity contribution in [3.8, 4) is 0 Å². The lowest BCUT2D eigenvalue weighted by atomic mass is 10.1. The van der Waals surface area contributed by atoms with Crippen molar-refractivity contribution in [1.29, 1.82) is 0 Å². The van der Waals surface area contributed by atoms with E-state index in [1.165, 1.54) is 16.1 Å². The zero-order valence-corrected chi connectivity index (χ0v) is 11.2. The summed E-state index contributed by atoms with van der Waals surface area (Å²) in [6.45, 7) is 5.21. The molecule has 2 aromatic rings. The zero-order chi connectivity index (χ0) is 12.1. The van der Waals surface area contributed by atoms with Gasteiger partial charge in [-0.05, 0) is 31.0 Å². The molecular weight excluding hydrogens is 228 g/mol. The van der Waals surface area contributed by atoms with Crippen molar-refractivity contribution >= 4 is 17.0 Å². The van der Waals surface area contributed by atoms with Gasteiger partial charge >= 0.3 is 0 Å². The van der Waals surface area contributed by atoms with Crippen LogP contribution in [-0.2, 0) is 12.8 Å². The van der Waals surface area contributed by atoms with Gasteiger partial charge in [-0.3, -0.25) is 0 Å². The number of hydrogen-bond acceptors (Lipinski definition) is 3. The number of thiazole rings is 1. The molecule has 1 N–H and O–H groups in total. The average molecular weight is 246 g/mol. The first-order chi connectivity index (χ1) is 8.29. The molecule has 17 heavy (non-hydrogen) atoms. The van der Waals surface area contributed by atoms with Gasteiger partial charge in [-0.25, -0.2) is 4.98 Å². The normalized spacial score (nSPS) is 10.5. The minimum absolute atomic E-state index is 0.967. The molecule has 0 amide bonds. The summed E-state index contributed by atoms with van der Waals surface area (Å²) in [7, 11) is 0. The van der Waals surface area contributed by atoms with Crippen LogP contribution in [-0.4, -0.2) is 11.5 Å². The van der Waals surface area contributed by atoms with Crippen molar-refractivity contribution < 1.29 is 0 Å². The molecule has 0 bridgehead atoms. The van der Waals surface area contributed by atoms with E-state index in [-0.39, 0.29) is 0 Å². The second-order valence-corrected chi connectivity index (χ2v) is 5.03. The molecule has 0 aliphatic rings. The predicted octanol–water partition coefficient (Wildman–Crippen LogP) is 3.67. The SMILES string of the molecule is CCc1ccc(NCCc2scnc2C)cc1. The molecule has 0 aliphatic carbocycles. The van der Waals surface area contributed by atoms with Gasteiger partial charge in [0.25, 0.3) is 0 Å². The van der Waals surface area contributed by atoms with E-state index in [0.717, 1.165) is 25.1 Å². The molecule has 0 radical (unpaired) electrons. The fourth-order valence-electron chi connectivity index (χ4n) is 1.74. The molecule has 0 unspecified atom stereocenters. The first kappa shape index (κ1) is 12.1. The standard InChI is InChI=1S/C14H18N2S/c1-3-12-4-6-13(7-5-12)15-9-8-14-11(2)16-10-17-14/h4-7,10,15H,3,8-9H2,1-2H3. The number of aromatic nitrogens is 1. The van der Waals surface area contributed by atoms with E-state index in [1.807, 2.05) is 5.51 Å². The van der Waals surface area contributed by atoms with Crippen LogP contribution in [0.3, 0.4) is 0 Å². The van der Waals surface area contributed by atoms with E-state index in [1.54, 1.807) is 11.3 Å². The quantitative estimate of drug-likeness (QED) is 0.870. The summed E-state index contributed by atoms with van der Waals surface area (Å²) >= 11 is 1.74. The first-order valence-corrected chi connectivity index (χ1v) is 6.89. The summed E-state index contributed by atoms with van der Waals surface area (Å²) in [6, 6.07) is 8.66. The molecule has 1 heterocycles. The van der Waals surface area contributed by atoms with Crippen LogP contribution in [0.5, 0.6) is 0 Å². The fourth-order valence-corrected chi connectivity index (χ4v) is 2.53. The van der Waals surface area contributed by atoms with E-state index >= 15 is 0 Å². The smallest absolute Gasteiger partial charge is 0.0797 e. The van der Waals surface area contributed by atoms with Gasteiger partial charge in [-0.1, -0.05) is 19.1 Å². The second-order valence-electron chi connectivity index (χ2n) is 4.09. The molecule has 90 valence electrons. The van der Waals surface area contributed by atoms with Gasteiger partial charge in [0.1, 0.15) is 0 Å². The highest BCUT2D eigenvalue weighted by atomic mass is 32.1. The van der Waals surface area contributed by atoms with Gasteiger partial charge in [0, 0.05) is 23.5 Å². The van der Waals surface area contributed by atoms with E-state index in [0.29, 0.717) is 0 Å². The van der Waals surface area contributed by atoms with Crippen molar-refractivity contribution in [2.45, 2.75) is 26.7 Å². The predicted molar refractivity (Wildman–Crippen MR) is 74.9 cm³/mol. The minimum atomic E-state index is 0.967. The topological polar surface area (TPSA) is 24.9 Å². The Labute approximate surface area is 107 Å². The van der Waals surface area contributed by atoms with Crippen molar-refractivity contribution in [3.63, 3.8) is 0 Å². The molecule has 0 spiro atoms. The van der Waals surface area contributed by atoms with Crippen LogP contribution in [0.1, 0.15) is 23.1 Å². The van der Waals surface area contributed by atoms with Gasteiger partial charge in [0.05, 0.1) is 11.2 Å². The average Bonchev–Trinajstić information content (AvgIpc) is 2.76. The fraction of sp³-hybridized carbons (Fsp3) is 0.357. The first-order valence-electron chi connectivity index (χ1n) is 6.01. The molecule has 3 heteroatoms. The van der Waals surface area contributed by atoms with Crippen LogP contribution in [0.4, 0.5) is 5.69 Å². The summed E-state index contributed by atoms with van der Waals surface area (Å²) in [5.41, 5.74) is 5.66. The molecule has 0 saturated heterocycles. The van der Waals surface area contributed by atoms with Crippen molar-refractivity contribution in [1.82, 2.24) is 4.98 Å². The van der Waals surface area contributed by atoms with Crippen molar-refractivity contribution in [3.05, 3.63) is 45.9 Å². The zero-order valence-electron chi connectivity index (χ0n) is 10.4. The van der Waals surface area contributed by atoms with Gasteiger partial charge in [0.15, 0.2) is 0 Å². The Morgan fingerprint density at radius 3 is 2.59 bits per heavy atom. The maximum absolute atomic E-state index is 4.26. The summed E-state index contributed by atoms with van der Waals surface area (Å²) in [5, 5.41) is 3.44. The summed E-state index contributed by atoms with van der Waals surface area (Å²) in [4.78, 5) is 5.63. The Morgan fingerprint density at radius 1 is 1.24 bits per heavy atom. The van der Waals surface area contributed by atoms with Gasteiger partial charge < -0.3 is 5.32 Å². The van der Waals surface area contributed by atoms with E-state index in [2.05, 4.69) is 48.4 Å². The Bertz CT molecular complexity index is 459. The van der Waals surface area contributed by atoms with Crippen LogP contribution in [0.15, 0.2) is 29.8 Å². The minimum Gasteiger partial charge on any atom is -0.385 e. The van der Waals surface area contributed by atoms with Crippen molar-refractivity contribution in [2.24, 2.45) is 0 Å². The monoisotopic (exact) mass is 246 g/mol. The largest absolute Gasteiger partial charge is 0.385 e. The molecule has 1 aromatic heterocycles. The third kappa shape index (κ3) is 3.30. The molecule has 0 saturated carbocycles. The highest BCUT2D eigenvalue weighted by Gasteiger charge is 2.00. The Kier molecular flexibility index (Phi) is 4.15. The number of benzene rings is 1. The third-order valence-electron chi connectivity index (χ3n) is 2.89. The summed E-state index contributed by atoms with van der Waals surface area (Å²) in [5.74, 6) is 0. The van der Waals surface area contributed by atoms with E-state index in [9.17, 15) is 0 Å². The summed E-state index contributed by atoms with van der Waals surface area (Å²) < 4.78 is 0. The lowest BCUT2D eigenvalue weighted by molar-refractivity contribution is 1.02. The van der Waals surface area contributed by atoms with Crippen LogP contribution < -0.4 is 5.32 Å². The van der Waals surface area contributed by atoms with Gasteiger partial charge in [0.2, 0.25) is 0 Å². The number of nitrogens with zero attached hydrogens (tertiary/aromatic N) is 1. The molecule has 0 aliphatic heterocycles. The molecular formula is C14H18N2S. The lowest BCUT2D eigenvalue weighted by Crippen LogP contribution is -2.04. The number of rotatable bonds is 5. The molecule has 1 aromatic carbocycles. The van der Waals surface area contributed by atoms with E-state index in [4.69, 9.17) is 0 Å². The highest BCUT2D eigenvalue weighted by Crippen LogP contribution is 2.14. The Morgan fingerprint density at radius 2 is 2.00 bits per heavy atom. The van der Waals surface area contributed by atoms with Gasteiger partial charge in [-0.2, -0.15) is 0 Å². The molecule has 2 rings (SSSR count). The van der Waals surface area contributed by atoms with Crippen LogP contribution in [0.25, 0.3) is 0 Å². The third-order valence-corrected chi connectivity index (χ3v) is 3.88. The van der Waals surface area contributed by atoms with Crippen LogP contribution in [0.2, 0.25) is 0 Å². The van der Waals surface area contributed by atoms with Gasteiger partial charge in [-0.15, -0.1) is 11.3 Å². The lowest BCUT2D eigenvalue weighted by Gasteiger charge is -2.06. The van der Waals surface area contributed by atoms with Crippen LogP contribution >= 0.6 is 11.3 Å². The molecule has 0 fully saturated rings. The maximum Gasteiger partial charge on any atom is 0.0797 e. The summed E-state index contributed by atoms with van der Waals surface area (Å²) in [6.07, 6.45) is 2.15. The number of anilines is 1. The second kappa shape index (κ2) is 5.82. The number of hydrogen-bond donors (Lipinski definition) is 1. The maximum atomic E-state index is 4.26. The Balaban J connectivity index is 1.83. The van der Waals surface area contributed by atoms with Crippen molar-refractivity contribution in [2.75, 3.05) is 11.9 Å².